The molecular weight excluding hydrogens is 314 g/mol. The van der Waals surface area contributed by atoms with Crippen molar-refractivity contribution in [3.8, 4) is 6.07 Å². The lowest BCUT2D eigenvalue weighted by molar-refractivity contribution is -0.885. The van der Waals surface area contributed by atoms with Crippen LogP contribution >= 0.6 is 22.7 Å². The van der Waals surface area contributed by atoms with Crippen LogP contribution in [0.15, 0.2) is 16.8 Å². The fourth-order valence-corrected chi connectivity index (χ4v) is 4.78. The van der Waals surface area contributed by atoms with E-state index in [0.717, 1.165) is 41.3 Å². The van der Waals surface area contributed by atoms with Crippen LogP contribution in [0.4, 0.5) is 5.00 Å². The van der Waals surface area contributed by atoms with E-state index in [-0.39, 0.29) is 5.91 Å². The van der Waals surface area contributed by atoms with Crippen LogP contribution in [0.3, 0.4) is 0 Å². The molecule has 0 bridgehead atoms. The maximum atomic E-state index is 12.2. The minimum atomic E-state index is -0.0239. The highest BCUT2D eigenvalue weighted by Crippen LogP contribution is 2.38. The number of fused-ring (bicyclic) bond motifs is 1. The molecule has 1 amide bonds. The van der Waals surface area contributed by atoms with Gasteiger partial charge in [-0.1, -0.05) is 0 Å². The van der Waals surface area contributed by atoms with Crippen molar-refractivity contribution in [1.29, 1.82) is 5.26 Å². The molecule has 0 spiro atoms. The highest BCUT2D eigenvalue weighted by molar-refractivity contribution is 7.16. The number of carbonyl (C=O) groups excluding carboxylic acids is 1. The fourth-order valence-electron chi connectivity index (χ4n) is 2.86. The zero-order valence-electron chi connectivity index (χ0n) is 12.4. The zero-order valence-corrected chi connectivity index (χ0v) is 14.1. The fraction of sp³-hybridized carbons (Fsp3) is 0.375. The monoisotopic (exact) mass is 332 g/mol. The Morgan fingerprint density at radius 2 is 2.36 bits per heavy atom. The first-order chi connectivity index (χ1) is 10.7. The largest absolute Gasteiger partial charge is 0.326 e. The molecule has 0 saturated carbocycles. The summed E-state index contributed by atoms with van der Waals surface area (Å²) in [6.45, 7) is 1.24. The number of quaternary nitrogens is 1. The molecule has 1 aliphatic rings. The standard InChI is InChI=1S/C16H17N3OS2/c1-19(8-11-5-6-21-10-11)9-15(20)18-16-13(7-17)12-3-2-4-14(12)22-16/h5-6,10H,2-4,8-9H2,1H3,(H,18,20)/p+1. The van der Waals surface area contributed by atoms with Gasteiger partial charge in [0.15, 0.2) is 6.54 Å². The maximum absolute atomic E-state index is 12.2. The van der Waals surface area contributed by atoms with Crippen molar-refractivity contribution >= 4 is 33.6 Å². The molecule has 2 aromatic heterocycles. The summed E-state index contributed by atoms with van der Waals surface area (Å²) >= 11 is 3.24. The van der Waals surface area contributed by atoms with E-state index in [1.54, 1.807) is 22.7 Å². The van der Waals surface area contributed by atoms with Gasteiger partial charge in [-0.2, -0.15) is 16.6 Å². The van der Waals surface area contributed by atoms with Crippen LogP contribution in [0, 0.1) is 11.3 Å². The number of hydrogen-bond donors (Lipinski definition) is 2. The molecule has 0 radical (unpaired) electrons. The van der Waals surface area contributed by atoms with Crippen LogP contribution in [0.1, 0.15) is 28.0 Å². The normalized spacial score (nSPS) is 14.4. The van der Waals surface area contributed by atoms with Crippen LogP contribution < -0.4 is 10.2 Å². The summed E-state index contributed by atoms with van der Waals surface area (Å²) in [4.78, 5) is 14.6. The molecule has 2 N–H and O–H groups in total. The predicted molar refractivity (Wildman–Crippen MR) is 89.5 cm³/mol. The van der Waals surface area contributed by atoms with Crippen molar-refractivity contribution < 1.29 is 9.69 Å². The zero-order chi connectivity index (χ0) is 15.5. The van der Waals surface area contributed by atoms with Gasteiger partial charge >= 0.3 is 0 Å². The Hall–Kier alpha value is -1.68. The lowest BCUT2D eigenvalue weighted by Gasteiger charge is -2.12. The smallest absolute Gasteiger partial charge is 0.280 e. The highest BCUT2D eigenvalue weighted by Gasteiger charge is 2.23. The number of amides is 1. The quantitative estimate of drug-likeness (QED) is 0.877. The first-order valence-corrected chi connectivity index (χ1v) is 9.10. The molecule has 2 heterocycles. The molecular formula is C16H18N3OS2+. The Labute approximate surface area is 138 Å². The number of nitriles is 1. The van der Waals surface area contributed by atoms with Crippen LogP contribution in [0.25, 0.3) is 0 Å². The topological polar surface area (TPSA) is 57.3 Å². The molecule has 1 atom stereocenters. The van der Waals surface area contributed by atoms with E-state index in [9.17, 15) is 10.1 Å². The van der Waals surface area contributed by atoms with E-state index in [1.165, 1.54) is 10.4 Å². The minimum Gasteiger partial charge on any atom is -0.326 e. The Kier molecular flexibility index (Phi) is 4.57. The minimum absolute atomic E-state index is 0.0239. The van der Waals surface area contributed by atoms with Gasteiger partial charge in [-0.05, 0) is 41.7 Å². The second kappa shape index (κ2) is 6.61. The molecule has 3 rings (SSSR count). The summed E-state index contributed by atoms with van der Waals surface area (Å²) in [5.41, 5.74) is 3.09. The lowest BCUT2D eigenvalue weighted by atomic mass is 10.1. The van der Waals surface area contributed by atoms with E-state index in [1.807, 2.05) is 7.05 Å². The van der Waals surface area contributed by atoms with Crippen molar-refractivity contribution in [3.63, 3.8) is 0 Å². The van der Waals surface area contributed by atoms with Crippen molar-refractivity contribution in [1.82, 2.24) is 0 Å². The number of thiophene rings is 2. The van der Waals surface area contributed by atoms with Crippen LogP contribution in [0.5, 0.6) is 0 Å². The molecule has 2 aromatic rings. The Morgan fingerprint density at radius 3 is 3.09 bits per heavy atom. The molecule has 22 heavy (non-hydrogen) atoms. The molecule has 1 aliphatic carbocycles. The summed E-state index contributed by atoms with van der Waals surface area (Å²) < 4.78 is 0. The molecule has 0 aliphatic heterocycles. The van der Waals surface area contributed by atoms with Gasteiger partial charge < -0.3 is 10.2 Å². The second-order valence-electron chi connectivity index (χ2n) is 5.66. The van der Waals surface area contributed by atoms with Gasteiger partial charge in [0, 0.05) is 10.4 Å². The predicted octanol–water partition coefficient (Wildman–Crippen LogP) is 1.82. The number of nitrogens with zero attached hydrogens (tertiary/aromatic N) is 1. The highest BCUT2D eigenvalue weighted by atomic mass is 32.1. The van der Waals surface area contributed by atoms with Crippen LogP contribution in [-0.2, 0) is 24.2 Å². The Balaban J connectivity index is 1.61. The Bertz CT molecular complexity index is 713. The van der Waals surface area contributed by atoms with Crippen molar-refractivity contribution in [2.45, 2.75) is 25.8 Å². The van der Waals surface area contributed by atoms with E-state index in [0.29, 0.717) is 12.1 Å². The van der Waals surface area contributed by atoms with Gasteiger partial charge in [-0.15, -0.1) is 11.3 Å². The number of likely N-dealkylation sites (N-methyl/N-ethyl adjacent to an activating group) is 1. The van der Waals surface area contributed by atoms with E-state index >= 15 is 0 Å². The Morgan fingerprint density at radius 1 is 1.50 bits per heavy atom. The summed E-state index contributed by atoms with van der Waals surface area (Å²) in [6, 6.07) is 4.35. The van der Waals surface area contributed by atoms with Crippen molar-refractivity contribution in [2.24, 2.45) is 0 Å². The van der Waals surface area contributed by atoms with Gasteiger partial charge in [-0.25, -0.2) is 0 Å². The first kappa shape index (κ1) is 15.2. The van der Waals surface area contributed by atoms with E-state index in [2.05, 4.69) is 28.2 Å². The number of hydrogen-bond acceptors (Lipinski definition) is 4. The van der Waals surface area contributed by atoms with Gasteiger partial charge in [0.2, 0.25) is 0 Å². The molecule has 114 valence electrons. The third-order valence-electron chi connectivity index (χ3n) is 3.83. The summed E-state index contributed by atoms with van der Waals surface area (Å²) in [5.74, 6) is -0.0239. The average Bonchev–Trinajstić information content (AvgIpc) is 3.15. The third-order valence-corrected chi connectivity index (χ3v) is 5.77. The average molecular weight is 332 g/mol. The SMILES string of the molecule is C[NH+](CC(=O)Nc1sc2c(c1C#N)CCC2)Cc1ccsc1. The maximum Gasteiger partial charge on any atom is 0.280 e. The molecule has 4 nitrogen and oxygen atoms in total. The molecule has 0 aromatic carbocycles. The van der Waals surface area contributed by atoms with Gasteiger partial charge in [0.25, 0.3) is 5.91 Å². The number of carbonyl (C=O) groups is 1. The second-order valence-corrected chi connectivity index (χ2v) is 7.55. The van der Waals surface area contributed by atoms with Crippen LogP contribution in [-0.4, -0.2) is 19.5 Å². The lowest BCUT2D eigenvalue weighted by Crippen LogP contribution is -3.08. The third kappa shape index (κ3) is 3.22. The number of rotatable bonds is 5. The van der Waals surface area contributed by atoms with Gasteiger partial charge in [0.05, 0.1) is 12.6 Å². The van der Waals surface area contributed by atoms with Crippen molar-refractivity contribution in [2.75, 3.05) is 18.9 Å². The summed E-state index contributed by atoms with van der Waals surface area (Å²) in [6.07, 6.45) is 3.12. The number of aryl methyl sites for hydroxylation is 1. The van der Waals surface area contributed by atoms with Crippen molar-refractivity contribution in [3.05, 3.63) is 38.4 Å². The first-order valence-electron chi connectivity index (χ1n) is 7.34. The molecule has 1 unspecified atom stereocenters. The van der Waals surface area contributed by atoms with E-state index in [4.69, 9.17) is 0 Å². The van der Waals surface area contributed by atoms with E-state index < -0.39 is 0 Å². The summed E-state index contributed by atoms with van der Waals surface area (Å²) in [7, 11) is 2.01. The molecule has 6 heteroatoms. The van der Waals surface area contributed by atoms with Gasteiger partial charge in [-0.3, -0.25) is 4.79 Å². The molecule has 0 fully saturated rings. The number of nitrogens with one attached hydrogen (secondary N) is 2. The number of anilines is 1. The van der Waals surface area contributed by atoms with Crippen LogP contribution in [0.2, 0.25) is 0 Å². The van der Waals surface area contributed by atoms with Gasteiger partial charge in [0.1, 0.15) is 17.6 Å². The molecule has 0 saturated heterocycles. The summed E-state index contributed by atoms with van der Waals surface area (Å²) in [5, 5.41) is 17.2.